The lowest BCUT2D eigenvalue weighted by molar-refractivity contribution is 0.0945. The fourth-order valence-electron chi connectivity index (χ4n) is 1.84. The lowest BCUT2D eigenvalue weighted by Crippen LogP contribution is -2.24. The van der Waals surface area contributed by atoms with Crippen molar-refractivity contribution >= 4 is 16.9 Å². The van der Waals surface area contributed by atoms with E-state index in [-0.39, 0.29) is 5.91 Å². The average molecular weight is 264 g/mol. The summed E-state index contributed by atoms with van der Waals surface area (Å²) < 4.78 is 0. The average Bonchev–Trinajstić information content (AvgIpc) is 2.53. The Morgan fingerprint density at radius 2 is 1.90 bits per heavy atom. The molecule has 0 aliphatic rings. The van der Waals surface area contributed by atoms with Gasteiger partial charge in [0.15, 0.2) is 5.65 Å². The summed E-state index contributed by atoms with van der Waals surface area (Å²) in [5.41, 5.74) is 1.73. The number of nitrogens with one attached hydrogen (secondary N) is 1. The highest BCUT2D eigenvalue weighted by Gasteiger charge is 2.08. The highest BCUT2D eigenvalue weighted by molar-refractivity contribution is 5.94. The van der Waals surface area contributed by atoms with Crippen LogP contribution in [0.1, 0.15) is 16.2 Å². The molecule has 0 fully saturated rings. The van der Waals surface area contributed by atoms with Crippen LogP contribution in [0.25, 0.3) is 11.0 Å². The van der Waals surface area contributed by atoms with Crippen molar-refractivity contribution in [1.82, 2.24) is 20.3 Å². The molecule has 0 bridgehead atoms. The molecule has 1 amide bonds. The molecule has 0 aromatic carbocycles. The number of hydrogen-bond acceptors (Lipinski definition) is 4. The Labute approximate surface area is 115 Å². The van der Waals surface area contributed by atoms with Crippen LogP contribution in [0.4, 0.5) is 0 Å². The second-order valence-electron chi connectivity index (χ2n) is 4.25. The fraction of sp³-hybridized carbons (Fsp3) is 0.0667. The summed E-state index contributed by atoms with van der Waals surface area (Å²) in [6.45, 7) is 0.377. The zero-order valence-corrected chi connectivity index (χ0v) is 10.7. The molecule has 98 valence electrons. The summed E-state index contributed by atoms with van der Waals surface area (Å²) in [6.07, 6.45) is 3.35. The van der Waals surface area contributed by atoms with E-state index in [1.165, 1.54) is 0 Å². The van der Waals surface area contributed by atoms with E-state index >= 15 is 0 Å². The lowest BCUT2D eigenvalue weighted by atomic mass is 10.2. The third kappa shape index (κ3) is 2.61. The SMILES string of the molecule is O=C(NCc1ccccn1)c1ccc2cccnc2n1. The number of pyridine rings is 3. The Bertz CT molecular complexity index is 743. The number of nitrogens with zero attached hydrogens (tertiary/aromatic N) is 3. The van der Waals surface area contributed by atoms with Gasteiger partial charge in [0.1, 0.15) is 5.69 Å². The zero-order valence-electron chi connectivity index (χ0n) is 10.7. The van der Waals surface area contributed by atoms with Gasteiger partial charge in [0, 0.05) is 17.8 Å². The predicted octanol–water partition coefficient (Wildman–Crippen LogP) is 1.95. The zero-order chi connectivity index (χ0) is 13.8. The molecule has 0 spiro atoms. The van der Waals surface area contributed by atoms with Crippen LogP contribution in [0.15, 0.2) is 54.9 Å². The maximum Gasteiger partial charge on any atom is 0.270 e. The van der Waals surface area contributed by atoms with Gasteiger partial charge in [-0.3, -0.25) is 9.78 Å². The van der Waals surface area contributed by atoms with Crippen molar-refractivity contribution in [2.75, 3.05) is 0 Å². The molecule has 5 heteroatoms. The Balaban J connectivity index is 1.75. The minimum absolute atomic E-state index is 0.233. The third-order valence-corrected chi connectivity index (χ3v) is 2.85. The van der Waals surface area contributed by atoms with E-state index in [0.29, 0.717) is 17.9 Å². The lowest BCUT2D eigenvalue weighted by Gasteiger charge is -2.04. The maximum absolute atomic E-state index is 12.0. The Morgan fingerprint density at radius 3 is 2.75 bits per heavy atom. The molecule has 20 heavy (non-hydrogen) atoms. The standard InChI is InChI=1S/C15H12N4O/c20-15(18-10-12-5-1-2-8-16-12)13-7-6-11-4-3-9-17-14(11)19-13/h1-9H,10H2,(H,18,20). The normalized spacial score (nSPS) is 10.4. The number of hydrogen-bond donors (Lipinski definition) is 1. The van der Waals surface area contributed by atoms with Crippen LogP contribution in [0.3, 0.4) is 0 Å². The number of carbonyl (C=O) groups is 1. The van der Waals surface area contributed by atoms with E-state index < -0.39 is 0 Å². The topological polar surface area (TPSA) is 67.8 Å². The highest BCUT2D eigenvalue weighted by Crippen LogP contribution is 2.09. The van der Waals surface area contributed by atoms with E-state index in [2.05, 4.69) is 20.3 Å². The first-order chi connectivity index (χ1) is 9.83. The van der Waals surface area contributed by atoms with Crippen molar-refractivity contribution in [2.24, 2.45) is 0 Å². The molecule has 3 heterocycles. The quantitative estimate of drug-likeness (QED) is 0.785. The Hall–Kier alpha value is -2.82. The van der Waals surface area contributed by atoms with E-state index in [9.17, 15) is 4.79 Å². The van der Waals surface area contributed by atoms with Gasteiger partial charge in [-0.25, -0.2) is 9.97 Å². The van der Waals surface area contributed by atoms with Gasteiger partial charge in [-0.2, -0.15) is 0 Å². The molecule has 0 saturated carbocycles. The first kappa shape index (κ1) is 12.2. The summed E-state index contributed by atoms with van der Waals surface area (Å²) >= 11 is 0. The van der Waals surface area contributed by atoms with Gasteiger partial charge < -0.3 is 5.32 Å². The summed E-state index contributed by atoms with van der Waals surface area (Å²) in [7, 11) is 0. The van der Waals surface area contributed by atoms with Gasteiger partial charge >= 0.3 is 0 Å². The van der Waals surface area contributed by atoms with Crippen LogP contribution in [0.2, 0.25) is 0 Å². The molecule has 3 aromatic heterocycles. The highest BCUT2D eigenvalue weighted by atomic mass is 16.1. The second kappa shape index (κ2) is 5.44. The van der Waals surface area contributed by atoms with Gasteiger partial charge in [-0.05, 0) is 36.4 Å². The van der Waals surface area contributed by atoms with Gasteiger partial charge in [0.2, 0.25) is 0 Å². The molecule has 1 N–H and O–H groups in total. The molecule has 0 atom stereocenters. The molecule has 0 unspecified atom stereocenters. The molecule has 0 aliphatic heterocycles. The monoisotopic (exact) mass is 264 g/mol. The molecule has 0 radical (unpaired) electrons. The molecule has 5 nitrogen and oxygen atoms in total. The van der Waals surface area contributed by atoms with E-state index in [0.717, 1.165) is 11.1 Å². The number of amides is 1. The first-order valence-corrected chi connectivity index (χ1v) is 6.23. The van der Waals surface area contributed by atoms with E-state index in [4.69, 9.17) is 0 Å². The van der Waals surface area contributed by atoms with Crippen LogP contribution in [0, 0.1) is 0 Å². The van der Waals surface area contributed by atoms with Gasteiger partial charge in [-0.15, -0.1) is 0 Å². The van der Waals surface area contributed by atoms with Crippen LogP contribution in [-0.4, -0.2) is 20.9 Å². The second-order valence-corrected chi connectivity index (χ2v) is 4.25. The summed E-state index contributed by atoms with van der Waals surface area (Å²) in [6, 6.07) is 12.8. The number of aromatic nitrogens is 3. The predicted molar refractivity (Wildman–Crippen MR) is 74.9 cm³/mol. The third-order valence-electron chi connectivity index (χ3n) is 2.85. The first-order valence-electron chi connectivity index (χ1n) is 6.23. The van der Waals surface area contributed by atoms with Crippen LogP contribution >= 0.6 is 0 Å². The van der Waals surface area contributed by atoms with Crippen LogP contribution in [0.5, 0.6) is 0 Å². The van der Waals surface area contributed by atoms with Crippen LogP contribution in [-0.2, 0) is 6.54 Å². The number of fused-ring (bicyclic) bond motifs is 1. The van der Waals surface area contributed by atoms with E-state index in [1.54, 1.807) is 18.5 Å². The fourth-order valence-corrected chi connectivity index (χ4v) is 1.84. The molecule has 0 aliphatic carbocycles. The van der Waals surface area contributed by atoms with Crippen molar-refractivity contribution in [3.63, 3.8) is 0 Å². The molecule has 0 saturated heterocycles. The van der Waals surface area contributed by atoms with Gasteiger partial charge in [0.05, 0.1) is 12.2 Å². The smallest absolute Gasteiger partial charge is 0.270 e. The Kier molecular flexibility index (Phi) is 3.33. The van der Waals surface area contributed by atoms with Crippen molar-refractivity contribution in [3.8, 4) is 0 Å². The van der Waals surface area contributed by atoms with Gasteiger partial charge in [0.25, 0.3) is 5.91 Å². The van der Waals surface area contributed by atoms with Crippen molar-refractivity contribution < 1.29 is 4.79 Å². The Morgan fingerprint density at radius 1 is 1.00 bits per heavy atom. The summed E-state index contributed by atoms with van der Waals surface area (Å²) in [5.74, 6) is -0.233. The number of carbonyl (C=O) groups excluding carboxylic acids is 1. The minimum atomic E-state index is -0.233. The molecular weight excluding hydrogens is 252 g/mol. The van der Waals surface area contributed by atoms with E-state index in [1.807, 2.05) is 36.4 Å². The van der Waals surface area contributed by atoms with Gasteiger partial charge in [-0.1, -0.05) is 6.07 Å². The van der Waals surface area contributed by atoms with Crippen molar-refractivity contribution in [2.45, 2.75) is 6.54 Å². The molecule has 3 rings (SSSR count). The van der Waals surface area contributed by atoms with Crippen molar-refractivity contribution in [1.29, 1.82) is 0 Å². The summed E-state index contributed by atoms with van der Waals surface area (Å²) in [5, 5.41) is 3.70. The van der Waals surface area contributed by atoms with Crippen molar-refractivity contribution in [3.05, 3.63) is 66.2 Å². The molecule has 3 aromatic rings. The summed E-state index contributed by atoms with van der Waals surface area (Å²) in [4.78, 5) is 24.6. The maximum atomic E-state index is 12.0. The largest absolute Gasteiger partial charge is 0.345 e. The molecular formula is C15H12N4O. The number of rotatable bonds is 3. The van der Waals surface area contributed by atoms with Crippen LogP contribution < -0.4 is 5.32 Å². The minimum Gasteiger partial charge on any atom is -0.345 e.